The van der Waals surface area contributed by atoms with E-state index in [-0.39, 0.29) is 11.5 Å². The van der Waals surface area contributed by atoms with Crippen molar-refractivity contribution in [1.82, 2.24) is 5.32 Å². The quantitative estimate of drug-likeness (QED) is 0.715. The molecule has 0 aliphatic carbocycles. The minimum absolute atomic E-state index is 0.165. The molecule has 0 bridgehead atoms. The highest BCUT2D eigenvalue weighted by Gasteiger charge is 2.07. The van der Waals surface area contributed by atoms with Gasteiger partial charge in [-0.05, 0) is 36.6 Å². The number of rotatable bonds is 8. The van der Waals surface area contributed by atoms with Gasteiger partial charge in [-0.25, -0.2) is 4.79 Å². The maximum atomic E-state index is 11.8. The normalized spacial score (nSPS) is 10.6. The van der Waals surface area contributed by atoms with Crippen LogP contribution in [0.4, 0.5) is 0 Å². The topological polar surface area (TPSA) is 75.6 Å². The fraction of sp³-hybridized carbons (Fsp3) is 0.467. The van der Waals surface area contributed by atoms with Crippen molar-refractivity contribution in [2.45, 2.75) is 20.3 Å². The molecule has 0 atom stereocenters. The average molecular weight is 279 g/mol. The first-order valence-corrected chi connectivity index (χ1v) is 6.70. The molecule has 5 nitrogen and oxygen atoms in total. The molecule has 0 heterocycles. The van der Waals surface area contributed by atoms with Crippen molar-refractivity contribution in [1.29, 1.82) is 0 Å². The number of amides is 1. The summed E-state index contributed by atoms with van der Waals surface area (Å²) in [6, 6.07) is 5.82. The molecule has 0 saturated heterocycles. The molecule has 1 aromatic rings. The summed E-state index contributed by atoms with van der Waals surface area (Å²) >= 11 is 0. The van der Waals surface area contributed by atoms with Crippen LogP contribution in [-0.4, -0.2) is 36.7 Å². The van der Waals surface area contributed by atoms with Crippen molar-refractivity contribution in [3.8, 4) is 0 Å². The Morgan fingerprint density at radius 1 is 1.15 bits per heavy atom. The van der Waals surface area contributed by atoms with Gasteiger partial charge in [0.15, 0.2) is 0 Å². The summed E-state index contributed by atoms with van der Waals surface area (Å²) in [5.41, 5.74) is 0.607. The first kappa shape index (κ1) is 16.2. The van der Waals surface area contributed by atoms with E-state index in [4.69, 9.17) is 9.84 Å². The van der Waals surface area contributed by atoms with Crippen LogP contribution >= 0.6 is 0 Å². The fourth-order valence-electron chi connectivity index (χ4n) is 1.52. The van der Waals surface area contributed by atoms with Gasteiger partial charge in [0.2, 0.25) is 0 Å². The summed E-state index contributed by atoms with van der Waals surface area (Å²) in [7, 11) is 0. The summed E-state index contributed by atoms with van der Waals surface area (Å²) in [5, 5.41) is 11.5. The van der Waals surface area contributed by atoms with Gasteiger partial charge in [-0.3, -0.25) is 4.79 Å². The standard InChI is InChI=1S/C15H21NO4/c1-11(2)7-9-20-10-8-16-14(17)12-3-5-13(6-4-12)15(18)19/h3-6,11H,7-10H2,1-2H3,(H,16,17)(H,18,19). The van der Waals surface area contributed by atoms with E-state index < -0.39 is 5.97 Å². The predicted molar refractivity (Wildman–Crippen MR) is 76.0 cm³/mol. The van der Waals surface area contributed by atoms with Crippen LogP contribution in [0.15, 0.2) is 24.3 Å². The van der Waals surface area contributed by atoms with Crippen LogP contribution in [0.5, 0.6) is 0 Å². The molecule has 1 rings (SSSR count). The lowest BCUT2D eigenvalue weighted by Crippen LogP contribution is -2.27. The summed E-state index contributed by atoms with van der Waals surface area (Å²) in [6.07, 6.45) is 1.00. The SMILES string of the molecule is CC(C)CCOCCNC(=O)c1ccc(C(=O)O)cc1. The number of hydrogen-bond donors (Lipinski definition) is 2. The van der Waals surface area contributed by atoms with E-state index in [1.165, 1.54) is 24.3 Å². The number of aromatic carboxylic acids is 1. The highest BCUT2D eigenvalue weighted by Crippen LogP contribution is 2.04. The molecular weight excluding hydrogens is 258 g/mol. The highest BCUT2D eigenvalue weighted by atomic mass is 16.5. The van der Waals surface area contributed by atoms with Gasteiger partial charge in [0.1, 0.15) is 0 Å². The molecule has 0 unspecified atom stereocenters. The third-order valence-electron chi connectivity index (χ3n) is 2.77. The monoisotopic (exact) mass is 279 g/mol. The van der Waals surface area contributed by atoms with Crippen molar-refractivity contribution in [2.75, 3.05) is 19.8 Å². The molecular formula is C15H21NO4. The minimum Gasteiger partial charge on any atom is -0.478 e. The Morgan fingerprint density at radius 3 is 2.30 bits per heavy atom. The predicted octanol–water partition coefficient (Wildman–Crippen LogP) is 2.18. The van der Waals surface area contributed by atoms with E-state index in [1.807, 2.05) is 0 Å². The Hall–Kier alpha value is -1.88. The Bertz CT molecular complexity index is 440. The largest absolute Gasteiger partial charge is 0.478 e. The highest BCUT2D eigenvalue weighted by molar-refractivity contribution is 5.95. The molecule has 110 valence electrons. The molecule has 20 heavy (non-hydrogen) atoms. The van der Waals surface area contributed by atoms with Crippen LogP contribution in [0, 0.1) is 5.92 Å². The Morgan fingerprint density at radius 2 is 1.75 bits per heavy atom. The molecule has 0 fully saturated rings. The van der Waals surface area contributed by atoms with E-state index in [0.29, 0.717) is 31.2 Å². The van der Waals surface area contributed by atoms with Crippen LogP contribution < -0.4 is 5.32 Å². The minimum atomic E-state index is -1.00. The number of hydrogen-bond acceptors (Lipinski definition) is 3. The smallest absolute Gasteiger partial charge is 0.335 e. The van der Waals surface area contributed by atoms with Gasteiger partial charge in [0.05, 0.1) is 12.2 Å². The van der Waals surface area contributed by atoms with Crippen LogP contribution in [0.2, 0.25) is 0 Å². The lowest BCUT2D eigenvalue weighted by Gasteiger charge is -2.08. The third kappa shape index (κ3) is 5.84. The average Bonchev–Trinajstić information content (AvgIpc) is 2.42. The van der Waals surface area contributed by atoms with Crippen LogP contribution in [0.3, 0.4) is 0 Å². The molecule has 0 aliphatic heterocycles. The van der Waals surface area contributed by atoms with Crippen molar-refractivity contribution in [3.63, 3.8) is 0 Å². The maximum Gasteiger partial charge on any atom is 0.335 e. The van der Waals surface area contributed by atoms with Gasteiger partial charge in [-0.15, -0.1) is 0 Å². The number of carbonyl (C=O) groups is 2. The van der Waals surface area contributed by atoms with Crippen LogP contribution in [0.25, 0.3) is 0 Å². The molecule has 0 spiro atoms. The van der Waals surface area contributed by atoms with E-state index in [2.05, 4.69) is 19.2 Å². The van der Waals surface area contributed by atoms with Crippen LogP contribution in [0.1, 0.15) is 41.0 Å². The third-order valence-corrected chi connectivity index (χ3v) is 2.77. The molecule has 0 saturated carbocycles. The summed E-state index contributed by atoms with van der Waals surface area (Å²) in [4.78, 5) is 22.4. The number of carboxylic acids is 1. The first-order chi connectivity index (χ1) is 9.50. The molecule has 2 N–H and O–H groups in total. The lowest BCUT2D eigenvalue weighted by molar-refractivity contribution is 0.0696. The second-order valence-electron chi connectivity index (χ2n) is 4.93. The second kappa shape index (κ2) is 8.32. The van der Waals surface area contributed by atoms with E-state index >= 15 is 0 Å². The van der Waals surface area contributed by atoms with Crippen LogP contribution in [-0.2, 0) is 4.74 Å². The Balaban J connectivity index is 2.27. The van der Waals surface area contributed by atoms with Crippen molar-refractivity contribution >= 4 is 11.9 Å². The van der Waals surface area contributed by atoms with Crippen molar-refractivity contribution in [2.24, 2.45) is 5.92 Å². The molecule has 0 aliphatic rings. The number of carbonyl (C=O) groups excluding carboxylic acids is 1. The number of nitrogens with one attached hydrogen (secondary N) is 1. The molecule has 0 radical (unpaired) electrons. The van der Waals surface area contributed by atoms with E-state index in [9.17, 15) is 9.59 Å². The molecule has 1 amide bonds. The second-order valence-corrected chi connectivity index (χ2v) is 4.93. The zero-order valence-corrected chi connectivity index (χ0v) is 11.9. The zero-order chi connectivity index (χ0) is 15.0. The molecule has 5 heteroatoms. The van der Waals surface area contributed by atoms with Gasteiger partial charge < -0.3 is 15.2 Å². The Labute approximate surface area is 118 Å². The van der Waals surface area contributed by atoms with Crippen molar-refractivity contribution < 1.29 is 19.4 Å². The van der Waals surface area contributed by atoms with Crippen molar-refractivity contribution in [3.05, 3.63) is 35.4 Å². The Kier molecular flexibility index (Phi) is 6.73. The van der Waals surface area contributed by atoms with Gasteiger partial charge in [0, 0.05) is 18.7 Å². The lowest BCUT2D eigenvalue weighted by atomic mass is 10.1. The van der Waals surface area contributed by atoms with E-state index in [1.54, 1.807) is 0 Å². The summed E-state index contributed by atoms with van der Waals surface area (Å²) in [5.74, 6) is -0.623. The van der Waals surface area contributed by atoms with E-state index in [0.717, 1.165) is 6.42 Å². The first-order valence-electron chi connectivity index (χ1n) is 6.70. The number of ether oxygens (including phenoxy) is 1. The number of carboxylic acid groups (broad SMARTS) is 1. The van der Waals surface area contributed by atoms with Gasteiger partial charge >= 0.3 is 5.97 Å². The maximum absolute atomic E-state index is 11.8. The molecule has 1 aromatic carbocycles. The molecule has 0 aromatic heterocycles. The van der Waals surface area contributed by atoms with Gasteiger partial charge in [-0.1, -0.05) is 13.8 Å². The number of benzene rings is 1. The van der Waals surface area contributed by atoms with Gasteiger partial charge in [-0.2, -0.15) is 0 Å². The zero-order valence-electron chi connectivity index (χ0n) is 11.9. The summed E-state index contributed by atoms with van der Waals surface area (Å²) in [6.45, 7) is 5.88. The van der Waals surface area contributed by atoms with Gasteiger partial charge in [0.25, 0.3) is 5.91 Å². The summed E-state index contributed by atoms with van der Waals surface area (Å²) < 4.78 is 5.39. The fourth-order valence-corrected chi connectivity index (χ4v) is 1.52.